The molecule has 0 heterocycles. The molecule has 2 aromatic rings. The Balaban J connectivity index is 2.18. The van der Waals surface area contributed by atoms with E-state index in [1.165, 1.54) is 24.3 Å². The topological polar surface area (TPSA) is 103 Å². The van der Waals surface area contributed by atoms with E-state index in [4.69, 9.17) is 25.1 Å². The number of hydrogen-bond acceptors (Lipinski definition) is 5. The zero-order chi connectivity index (χ0) is 15.9. The first-order valence-corrected chi connectivity index (χ1v) is 6.19. The minimum atomic E-state index is -1.59. The second-order valence-corrected chi connectivity index (χ2v) is 4.19. The van der Waals surface area contributed by atoms with E-state index in [1.807, 2.05) is 12.1 Å². The van der Waals surface area contributed by atoms with Crippen molar-refractivity contribution in [2.45, 2.75) is 6.29 Å². The van der Waals surface area contributed by atoms with Crippen LogP contribution in [0.25, 0.3) is 0 Å². The zero-order valence-corrected chi connectivity index (χ0v) is 11.3. The molecule has 0 aromatic heterocycles. The van der Waals surface area contributed by atoms with Crippen molar-refractivity contribution in [3.63, 3.8) is 0 Å². The Morgan fingerprint density at radius 3 is 1.77 bits per heavy atom. The van der Waals surface area contributed by atoms with Crippen molar-refractivity contribution >= 4 is 5.97 Å². The third kappa shape index (κ3) is 3.75. The van der Waals surface area contributed by atoms with Crippen molar-refractivity contribution in [3.05, 3.63) is 59.7 Å². The number of carboxylic acids is 1. The van der Waals surface area contributed by atoms with Crippen LogP contribution in [0.4, 0.5) is 0 Å². The molecule has 0 bridgehead atoms. The van der Waals surface area contributed by atoms with E-state index in [2.05, 4.69) is 0 Å². The molecule has 0 aliphatic rings. The summed E-state index contributed by atoms with van der Waals surface area (Å²) in [7, 11) is 0. The minimum Gasteiger partial charge on any atom is -0.476 e. The van der Waals surface area contributed by atoms with Crippen molar-refractivity contribution < 1.29 is 19.4 Å². The molecule has 0 spiro atoms. The molecule has 2 aromatic carbocycles. The van der Waals surface area contributed by atoms with Gasteiger partial charge in [0.2, 0.25) is 0 Å². The molecule has 108 valence electrons. The van der Waals surface area contributed by atoms with Gasteiger partial charge < -0.3 is 14.6 Å². The number of aliphatic carboxylic acids is 1. The van der Waals surface area contributed by atoms with E-state index in [0.29, 0.717) is 11.1 Å². The summed E-state index contributed by atoms with van der Waals surface area (Å²) in [5.41, 5.74) is 0.682. The van der Waals surface area contributed by atoms with Gasteiger partial charge in [-0.2, -0.15) is 10.5 Å². The fraction of sp³-hybridized carbons (Fsp3) is 0.0625. The summed E-state index contributed by atoms with van der Waals surface area (Å²) in [6.45, 7) is 0. The van der Waals surface area contributed by atoms with Gasteiger partial charge >= 0.3 is 12.3 Å². The predicted octanol–water partition coefficient (Wildman–Crippen LogP) is 2.30. The van der Waals surface area contributed by atoms with Crippen molar-refractivity contribution in [2.75, 3.05) is 0 Å². The number of nitriles is 2. The van der Waals surface area contributed by atoms with E-state index >= 15 is 0 Å². The van der Waals surface area contributed by atoms with Crippen LogP contribution in [0.3, 0.4) is 0 Å². The molecular formula is C16H10N2O4. The molecule has 22 heavy (non-hydrogen) atoms. The van der Waals surface area contributed by atoms with Crippen LogP contribution in [0.15, 0.2) is 48.5 Å². The standard InChI is InChI=1S/C16H10N2O4/c17-9-11-3-1-5-13(7-11)21-16(15(19)20)22-14-6-2-4-12(8-14)10-18/h1-8,16H,(H,19,20). The SMILES string of the molecule is N#Cc1cccc(OC(Oc2cccc(C#N)c2)C(=O)O)c1. The maximum absolute atomic E-state index is 11.2. The number of carbonyl (C=O) groups is 1. The minimum absolute atomic E-state index is 0.197. The van der Waals surface area contributed by atoms with Gasteiger partial charge in [0, 0.05) is 0 Å². The molecular weight excluding hydrogens is 284 g/mol. The van der Waals surface area contributed by atoms with Crippen LogP contribution in [-0.2, 0) is 4.79 Å². The largest absolute Gasteiger partial charge is 0.476 e. The maximum Gasteiger partial charge on any atom is 0.387 e. The van der Waals surface area contributed by atoms with Gasteiger partial charge in [0.15, 0.2) is 0 Å². The summed E-state index contributed by atoms with van der Waals surface area (Å²) in [5, 5.41) is 26.8. The number of hydrogen-bond donors (Lipinski definition) is 1. The van der Waals surface area contributed by atoms with Crippen LogP contribution in [0.2, 0.25) is 0 Å². The number of nitrogens with zero attached hydrogens (tertiary/aromatic N) is 2. The number of carboxylic acid groups (broad SMARTS) is 1. The molecule has 0 atom stereocenters. The van der Waals surface area contributed by atoms with Crippen LogP contribution in [-0.4, -0.2) is 17.4 Å². The Morgan fingerprint density at radius 1 is 0.955 bits per heavy atom. The molecule has 0 aliphatic carbocycles. The lowest BCUT2D eigenvalue weighted by Gasteiger charge is -2.16. The van der Waals surface area contributed by atoms with E-state index in [1.54, 1.807) is 24.3 Å². The summed E-state index contributed by atoms with van der Waals surface area (Å²) in [6, 6.07) is 16.0. The molecule has 6 heteroatoms. The normalized spacial score (nSPS) is 9.59. The molecule has 2 rings (SSSR count). The van der Waals surface area contributed by atoms with Crippen LogP contribution in [0, 0.1) is 22.7 Å². The smallest absolute Gasteiger partial charge is 0.387 e. The lowest BCUT2D eigenvalue weighted by Crippen LogP contribution is -2.33. The first kappa shape index (κ1) is 14.9. The zero-order valence-electron chi connectivity index (χ0n) is 11.3. The average molecular weight is 294 g/mol. The van der Waals surface area contributed by atoms with Gasteiger partial charge in [-0.3, -0.25) is 0 Å². The number of benzene rings is 2. The molecule has 1 N–H and O–H groups in total. The average Bonchev–Trinajstić information content (AvgIpc) is 2.54. The van der Waals surface area contributed by atoms with Crippen LogP contribution in [0.5, 0.6) is 11.5 Å². The maximum atomic E-state index is 11.2. The van der Waals surface area contributed by atoms with Crippen LogP contribution in [0.1, 0.15) is 11.1 Å². The summed E-state index contributed by atoms with van der Waals surface area (Å²) in [6.07, 6.45) is -1.59. The second kappa shape index (κ2) is 6.78. The van der Waals surface area contributed by atoms with E-state index in [-0.39, 0.29) is 11.5 Å². The van der Waals surface area contributed by atoms with Crippen molar-refractivity contribution in [1.82, 2.24) is 0 Å². The van der Waals surface area contributed by atoms with Crippen molar-refractivity contribution in [3.8, 4) is 23.6 Å². The molecule has 0 fully saturated rings. The number of rotatable bonds is 5. The monoisotopic (exact) mass is 294 g/mol. The lowest BCUT2D eigenvalue weighted by molar-refractivity contribution is -0.158. The molecule has 0 amide bonds. The van der Waals surface area contributed by atoms with Gasteiger partial charge in [0.1, 0.15) is 11.5 Å². The molecule has 0 saturated carbocycles. The Kier molecular flexibility index (Phi) is 4.59. The number of ether oxygens (including phenoxy) is 2. The van der Waals surface area contributed by atoms with Crippen molar-refractivity contribution in [1.29, 1.82) is 10.5 Å². The quantitative estimate of drug-likeness (QED) is 0.848. The van der Waals surface area contributed by atoms with Gasteiger partial charge in [0.05, 0.1) is 23.3 Å². The fourth-order valence-corrected chi connectivity index (χ4v) is 1.65. The highest BCUT2D eigenvalue weighted by molar-refractivity contribution is 5.71. The van der Waals surface area contributed by atoms with Gasteiger partial charge in [-0.15, -0.1) is 0 Å². The Hall–Kier alpha value is -3.51. The molecule has 0 unspecified atom stereocenters. The van der Waals surface area contributed by atoms with Crippen LogP contribution >= 0.6 is 0 Å². The first-order valence-electron chi connectivity index (χ1n) is 6.19. The van der Waals surface area contributed by atoms with Crippen molar-refractivity contribution in [2.24, 2.45) is 0 Å². The Bertz CT molecular complexity index is 715. The predicted molar refractivity (Wildman–Crippen MR) is 75.0 cm³/mol. The molecule has 0 saturated heterocycles. The Morgan fingerprint density at radius 2 is 1.41 bits per heavy atom. The van der Waals surface area contributed by atoms with Crippen LogP contribution < -0.4 is 9.47 Å². The summed E-state index contributed by atoms with van der Waals surface area (Å²) in [5.74, 6) is -0.935. The second-order valence-electron chi connectivity index (χ2n) is 4.19. The lowest BCUT2D eigenvalue weighted by atomic mass is 10.2. The summed E-state index contributed by atoms with van der Waals surface area (Å²) >= 11 is 0. The van der Waals surface area contributed by atoms with Gasteiger partial charge in [-0.25, -0.2) is 4.79 Å². The van der Waals surface area contributed by atoms with Gasteiger partial charge in [-0.05, 0) is 36.4 Å². The van der Waals surface area contributed by atoms with E-state index in [0.717, 1.165) is 0 Å². The highest BCUT2D eigenvalue weighted by Gasteiger charge is 2.22. The fourth-order valence-electron chi connectivity index (χ4n) is 1.65. The van der Waals surface area contributed by atoms with E-state index in [9.17, 15) is 4.79 Å². The molecule has 0 aliphatic heterocycles. The first-order chi connectivity index (χ1) is 10.6. The van der Waals surface area contributed by atoms with Gasteiger partial charge in [-0.1, -0.05) is 12.1 Å². The Labute approximate surface area is 126 Å². The summed E-state index contributed by atoms with van der Waals surface area (Å²) in [4.78, 5) is 11.2. The third-order valence-electron chi connectivity index (χ3n) is 2.61. The third-order valence-corrected chi connectivity index (χ3v) is 2.61. The van der Waals surface area contributed by atoms with E-state index < -0.39 is 12.3 Å². The van der Waals surface area contributed by atoms with Gasteiger partial charge in [0.25, 0.3) is 0 Å². The highest BCUT2D eigenvalue weighted by atomic mass is 16.7. The summed E-state index contributed by atoms with van der Waals surface area (Å²) < 4.78 is 10.5. The molecule has 0 radical (unpaired) electrons. The highest BCUT2D eigenvalue weighted by Crippen LogP contribution is 2.18. The molecule has 6 nitrogen and oxygen atoms in total.